The number of nitriles is 1. The van der Waals surface area contributed by atoms with Crippen LogP contribution in [0.5, 0.6) is 0 Å². The zero-order valence-corrected chi connectivity index (χ0v) is 5.78. The number of aliphatic hydroxyl groups excluding tert-OH is 1. The second-order valence-electron chi connectivity index (χ2n) is 1.66. The summed E-state index contributed by atoms with van der Waals surface area (Å²) in [7, 11) is 0. The van der Waals surface area contributed by atoms with Gasteiger partial charge < -0.3 is 5.11 Å². The van der Waals surface area contributed by atoms with E-state index in [1.54, 1.807) is 6.07 Å². The lowest BCUT2D eigenvalue weighted by Crippen LogP contribution is -1.71. The predicted octanol–water partition coefficient (Wildman–Crippen LogP) is 1.25. The number of thiophene rings is 1. The van der Waals surface area contributed by atoms with Gasteiger partial charge in [0.1, 0.15) is 10.9 Å². The Hall–Kier alpha value is -0.920. The van der Waals surface area contributed by atoms with Crippen molar-refractivity contribution in [3.05, 3.63) is 21.6 Å². The van der Waals surface area contributed by atoms with Crippen LogP contribution in [0.2, 0.25) is 0 Å². The van der Waals surface area contributed by atoms with E-state index in [9.17, 15) is 4.39 Å². The molecule has 0 saturated heterocycles. The van der Waals surface area contributed by atoms with E-state index in [4.69, 9.17) is 10.4 Å². The van der Waals surface area contributed by atoms with E-state index in [1.165, 1.54) is 6.07 Å². The van der Waals surface area contributed by atoms with E-state index in [0.717, 1.165) is 11.3 Å². The van der Waals surface area contributed by atoms with Gasteiger partial charge in [0.15, 0.2) is 5.82 Å². The molecule has 0 radical (unpaired) electrons. The van der Waals surface area contributed by atoms with Gasteiger partial charge in [0.25, 0.3) is 0 Å². The van der Waals surface area contributed by atoms with Crippen molar-refractivity contribution in [2.45, 2.75) is 6.61 Å². The van der Waals surface area contributed by atoms with Crippen LogP contribution >= 0.6 is 11.3 Å². The molecule has 0 amide bonds. The summed E-state index contributed by atoms with van der Waals surface area (Å²) in [6, 6.07) is 2.85. The van der Waals surface area contributed by atoms with Gasteiger partial charge in [-0.05, 0) is 6.07 Å². The highest BCUT2D eigenvalue weighted by Gasteiger charge is 2.05. The number of rotatable bonds is 1. The Kier molecular flexibility index (Phi) is 2.00. The molecule has 0 saturated carbocycles. The van der Waals surface area contributed by atoms with Crippen LogP contribution < -0.4 is 0 Å². The predicted molar refractivity (Wildman–Crippen MR) is 34.9 cm³/mol. The summed E-state index contributed by atoms with van der Waals surface area (Å²) in [6.07, 6.45) is 0. The maximum atomic E-state index is 12.5. The van der Waals surface area contributed by atoms with E-state index >= 15 is 0 Å². The van der Waals surface area contributed by atoms with Crippen LogP contribution in [-0.2, 0) is 6.61 Å². The first-order valence-corrected chi connectivity index (χ1v) is 3.38. The molecular formula is C6H4FNOS. The van der Waals surface area contributed by atoms with Gasteiger partial charge in [-0.15, -0.1) is 11.3 Å². The second-order valence-corrected chi connectivity index (χ2v) is 2.80. The Bertz CT molecular complexity index is 276. The highest BCUT2D eigenvalue weighted by atomic mass is 32.1. The van der Waals surface area contributed by atoms with Crippen molar-refractivity contribution < 1.29 is 9.50 Å². The lowest BCUT2D eigenvalue weighted by atomic mass is 10.4. The van der Waals surface area contributed by atoms with Gasteiger partial charge >= 0.3 is 0 Å². The van der Waals surface area contributed by atoms with Gasteiger partial charge in [-0.25, -0.2) is 4.39 Å². The summed E-state index contributed by atoms with van der Waals surface area (Å²) in [4.78, 5) is 0.512. The number of aliphatic hydroxyl groups is 1. The lowest BCUT2D eigenvalue weighted by Gasteiger charge is -1.79. The van der Waals surface area contributed by atoms with Crippen molar-refractivity contribution in [2.24, 2.45) is 0 Å². The minimum absolute atomic E-state index is 0.0315. The molecule has 52 valence electrons. The molecular weight excluding hydrogens is 153 g/mol. The molecule has 0 atom stereocenters. The first-order valence-electron chi connectivity index (χ1n) is 2.57. The van der Waals surface area contributed by atoms with Crippen molar-refractivity contribution in [2.75, 3.05) is 0 Å². The van der Waals surface area contributed by atoms with Gasteiger partial charge in [-0.3, -0.25) is 0 Å². The average Bonchev–Trinajstić information content (AvgIpc) is 2.30. The fourth-order valence-corrected chi connectivity index (χ4v) is 1.26. The molecule has 1 aromatic heterocycles. The van der Waals surface area contributed by atoms with Crippen molar-refractivity contribution in [1.82, 2.24) is 0 Å². The summed E-state index contributed by atoms with van der Waals surface area (Å²) in [6.45, 7) is -0.205. The van der Waals surface area contributed by atoms with Crippen LogP contribution in [0.4, 0.5) is 4.39 Å². The largest absolute Gasteiger partial charge is 0.391 e. The van der Waals surface area contributed by atoms with E-state index in [1.807, 2.05) is 0 Å². The molecule has 1 N–H and O–H groups in total. The molecule has 0 aliphatic rings. The third kappa shape index (κ3) is 1.15. The molecule has 0 aliphatic carbocycles. The molecule has 0 aliphatic heterocycles. The van der Waals surface area contributed by atoms with Crippen LogP contribution in [0.15, 0.2) is 6.07 Å². The molecule has 1 heterocycles. The lowest BCUT2D eigenvalue weighted by molar-refractivity contribution is 0.285. The quantitative estimate of drug-likeness (QED) is 0.666. The third-order valence-corrected chi connectivity index (χ3v) is 1.99. The molecule has 10 heavy (non-hydrogen) atoms. The minimum Gasteiger partial charge on any atom is -0.391 e. The zero-order chi connectivity index (χ0) is 7.56. The van der Waals surface area contributed by atoms with E-state index < -0.39 is 5.82 Å². The molecule has 0 spiro atoms. The maximum absolute atomic E-state index is 12.5. The van der Waals surface area contributed by atoms with Crippen LogP contribution in [0, 0.1) is 17.1 Å². The van der Waals surface area contributed by atoms with Gasteiger partial charge in [0, 0.05) is 4.88 Å². The monoisotopic (exact) mass is 157 g/mol. The van der Waals surface area contributed by atoms with Crippen LogP contribution in [-0.4, -0.2) is 5.11 Å². The van der Waals surface area contributed by atoms with E-state index in [0.29, 0.717) is 4.88 Å². The molecule has 0 unspecified atom stereocenters. The number of hydrogen-bond donors (Lipinski definition) is 1. The Morgan fingerprint density at radius 3 is 2.80 bits per heavy atom. The van der Waals surface area contributed by atoms with Crippen molar-refractivity contribution in [1.29, 1.82) is 5.26 Å². The van der Waals surface area contributed by atoms with Crippen LogP contribution in [0.25, 0.3) is 0 Å². The first kappa shape index (κ1) is 7.19. The zero-order valence-electron chi connectivity index (χ0n) is 4.97. The number of hydrogen-bond acceptors (Lipinski definition) is 3. The molecule has 1 rings (SSSR count). The Labute approximate surface area is 61.2 Å². The maximum Gasteiger partial charge on any atom is 0.152 e. The molecule has 0 fully saturated rings. The van der Waals surface area contributed by atoms with Crippen molar-refractivity contribution in [3.8, 4) is 6.07 Å². The first-order chi connectivity index (χ1) is 4.77. The molecule has 0 bridgehead atoms. The van der Waals surface area contributed by atoms with E-state index in [-0.39, 0.29) is 11.5 Å². The molecule has 4 heteroatoms. The van der Waals surface area contributed by atoms with Gasteiger partial charge in [-0.1, -0.05) is 0 Å². The number of nitrogens with zero attached hydrogens (tertiary/aromatic N) is 1. The summed E-state index contributed by atoms with van der Waals surface area (Å²) >= 11 is 0.973. The Morgan fingerprint density at radius 2 is 2.50 bits per heavy atom. The van der Waals surface area contributed by atoms with Gasteiger partial charge in [0.2, 0.25) is 0 Å². The number of halogens is 1. The van der Waals surface area contributed by atoms with Crippen molar-refractivity contribution >= 4 is 11.3 Å². The summed E-state index contributed by atoms with van der Waals surface area (Å²) in [5.41, 5.74) is 0. The van der Waals surface area contributed by atoms with Gasteiger partial charge in [0.05, 0.1) is 6.61 Å². The highest BCUT2D eigenvalue weighted by molar-refractivity contribution is 7.12. The summed E-state index contributed by atoms with van der Waals surface area (Å²) in [5, 5.41) is 16.8. The normalized spacial score (nSPS) is 9.30. The Balaban J connectivity index is 3.07. The average molecular weight is 157 g/mol. The van der Waals surface area contributed by atoms with Crippen LogP contribution in [0.3, 0.4) is 0 Å². The fraction of sp³-hybridized carbons (Fsp3) is 0.167. The third-order valence-electron chi connectivity index (χ3n) is 0.995. The Morgan fingerprint density at radius 1 is 1.80 bits per heavy atom. The molecule has 1 aromatic rings. The highest BCUT2D eigenvalue weighted by Crippen LogP contribution is 2.19. The standard InChI is InChI=1S/C6H4FNOS/c7-5-1-4(3-9)10-6(5)2-8/h1,9H,3H2. The topological polar surface area (TPSA) is 44.0 Å². The smallest absolute Gasteiger partial charge is 0.152 e. The van der Waals surface area contributed by atoms with E-state index in [2.05, 4.69) is 0 Å². The minimum atomic E-state index is -0.545. The SMILES string of the molecule is N#Cc1sc(CO)cc1F. The molecule has 0 aromatic carbocycles. The van der Waals surface area contributed by atoms with Crippen molar-refractivity contribution in [3.63, 3.8) is 0 Å². The molecule has 2 nitrogen and oxygen atoms in total. The summed E-state index contributed by atoms with van der Waals surface area (Å²) < 4.78 is 12.5. The van der Waals surface area contributed by atoms with Crippen LogP contribution in [0.1, 0.15) is 9.75 Å². The fourth-order valence-electron chi connectivity index (χ4n) is 0.570. The second kappa shape index (κ2) is 2.78. The van der Waals surface area contributed by atoms with Gasteiger partial charge in [-0.2, -0.15) is 5.26 Å². The summed E-state index contributed by atoms with van der Waals surface area (Å²) in [5.74, 6) is -0.545.